The van der Waals surface area contributed by atoms with Gasteiger partial charge in [0.25, 0.3) is 0 Å². The first-order chi connectivity index (χ1) is 23.3. The van der Waals surface area contributed by atoms with Crippen molar-refractivity contribution in [3.8, 4) is 11.5 Å². The normalized spacial score (nSPS) is 11.1. The SMILES string of the molecule is c1ccc(Cn2c(CCCCCCCc3nnc(COc4ccccc4)n3Cc3ccccc3)nnc2COc2ccccc2)cc1. The number of para-hydroxylation sites is 2. The Morgan fingerprint density at radius 2 is 0.723 bits per heavy atom. The van der Waals surface area contributed by atoms with Crippen LogP contribution in [0.4, 0.5) is 0 Å². The van der Waals surface area contributed by atoms with Gasteiger partial charge < -0.3 is 18.6 Å². The number of benzene rings is 4. The maximum absolute atomic E-state index is 6.03. The van der Waals surface area contributed by atoms with E-state index in [0.717, 1.165) is 92.8 Å². The Balaban J connectivity index is 1.00. The molecule has 0 saturated heterocycles. The van der Waals surface area contributed by atoms with Gasteiger partial charge in [-0.25, -0.2) is 0 Å². The Morgan fingerprint density at radius 1 is 0.383 bits per heavy atom. The van der Waals surface area contributed by atoms with Gasteiger partial charge in [-0.15, -0.1) is 20.4 Å². The van der Waals surface area contributed by atoms with Gasteiger partial charge in [0.05, 0.1) is 13.1 Å². The van der Waals surface area contributed by atoms with Crippen LogP contribution < -0.4 is 9.47 Å². The zero-order valence-electron chi connectivity index (χ0n) is 26.8. The molecule has 0 radical (unpaired) electrons. The lowest BCUT2D eigenvalue weighted by molar-refractivity contribution is 0.289. The topological polar surface area (TPSA) is 79.9 Å². The fraction of sp³-hybridized carbons (Fsp3) is 0.282. The lowest BCUT2D eigenvalue weighted by Gasteiger charge is -2.12. The average Bonchev–Trinajstić information content (AvgIpc) is 3.70. The molecule has 0 N–H and O–H groups in total. The Morgan fingerprint density at radius 3 is 1.13 bits per heavy atom. The van der Waals surface area contributed by atoms with Crippen molar-refractivity contribution in [1.29, 1.82) is 0 Å². The molecule has 0 bridgehead atoms. The van der Waals surface area contributed by atoms with E-state index in [1.165, 1.54) is 11.1 Å². The van der Waals surface area contributed by atoms with Gasteiger partial charge in [0.1, 0.15) is 36.4 Å². The van der Waals surface area contributed by atoms with Crippen LogP contribution in [0.1, 0.15) is 66.5 Å². The molecule has 0 amide bonds. The number of rotatable bonds is 18. The third-order valence-corrected chi connectivity index (χ3v) is 8.20. The highest BCUT2D eigenvalue weighted by molar-refractivity contribution is 5.23. The summed E-state index contributed by atoms with van der Waals surface area (Å²) in [6, 6.07) is 40.7. The van der Waals surface area contributed by atoms with E-state index in [0.29, 0.717) is 13.2 Å². The summed E-state index contributed by atoms with van der Waals surface area (Å²) in [6.07, 6.45) is 7.35. The predicted octanol–water partition coefficient (Wildman–Crippen LogP) is 7.86. The van der Waals surface area contributed by atoms with E-state index in [9.17, 15) is 0 Å². The highest BCUT2D eigenvalue weighted by Gasteiger charge is 2.15. The van der Waals surface area contributed by atoms with Gasteiger partial charge in [0.2, 0.25) is 0 Å². The summed E-state index contributed by atoms with van der Waals surface area (Å²) in [6.45, 7) is 2.25. The van der Waals surface area contributed by atoms with Gasteiger partial charge in [-0.1, -0.05) is 116 Å². The van der Waals surface area contributed by atoms with Crippen molar-refractivity contribution in [2.75, 3.05) is 0 Å². The molecule has 0 aliphatic heterocycles. The Hall–Kier alpha value is -5.24. The van der Waals surface area contributed by atoms with Gasteiger partial charge in [0.15, 0.2) is 11.6 Å². The van der Waals surface area contributed by atoms with Crippen LogP contribution >= 0.6 is 0 Å². The molecule has 0 saturated carbocycles. The van der Waals surface area contributed by atoms with E-state index in [1.54, 1.807) is 0 Å². The summed E-state index contributed by atoms with van der Waals surface area (Å²) in [5.74, 6) is 5.39. The van der Waals surface area contributed by atoms with Crippen LogP contribution in [0.15, 0.2) is 121 Å². The smallest absolute Gasteiger partial charge is 0.171 e. The number of hydrogen-bond donors (Lipinski definition) is 0. The molecule has 0 spiro atoms. The minimum absolute atomic E-state index is 0.388. The Bertz CT molecular complexity index is 1620. The third-order valence-electron chi connectivity index (χ3n) is 8.20. The Kier molecular flexibility index (Phi) is 11.4. The quantitative estimate of drug-likeness (QED) is 0.0904. The molecular formula is C39H42N6O2. The maximum atomic E-state index is 6.03. The van der Waals surface area contributed by atoms with Crippen LogP contribution in [0.3, 0.4) is 0 Å². The van der Waals surface area contributed by atoms with Gasteiger partial charge in [0, 0.05) is 12.8 Å². The van der Waals surface area contributed by atoms with Gasteiger partial charge in [-0.05, 0) is 48.2 Å². The predicted molar refractivity (Wildman–Crippen MR) is 183 cm³/mol. The Labute approximate surface area is 277 Å². The molecule has 6 aromatic rings. The zero-order chi connectivity index (χ0) is 31.9. The number of ether oxygens (including phenoxy) is 2. The van der Waals surface area contributed by atoms with Gasteiger partial charge in [-0.2, -0.15) is 0 Å². The molecule has 2 heterocycles. The van der Waals surface area contributed by atoms with E-state index in [-0.39, 0.29) is 0 Å². The second-order valence-corrected chi connectivity index (χ2v) is 11.7. The molecule has 6 rings (SSSR count). The summed E-state index contributed by atoms with van der Waals surface area (Å²) in [7, 11) is 0. The summed E-state index contributed by atoms with van der Waals surface area (Å²) in [5, 5.41) is 18.2. The monoisotopic (exact) mass is 626 g/mol. The average molecular weight is 627 g/mol. The minimum atomic E-state index is 0.388. The van der Waals surface area contributed by atoms with Crippen LogP contribution in [0.2, 0.25) is 0 Å². The van der Waals surface area contributed by atoms with Crippen molar-refractivity contribution >= 4 is 0 Å². The van der Waals surface area contributed by atoms with Crippen molar-refractivity contribution in [3.63, 3.8) is 0 Å². The lowest BCUT2D eigenvalue weighted by Crippen LogP contribution is -2.11. The first-order valence-corrected chi connectivity index (χ1v) is 16.6. The van der Waals surface area contributed by atoms with Crippen molar-refractivity contribution < 1.29 is 9.47 Å². The summed E-state index contributed by atoms with van der Waals surface area (Å²) in [5.41, 5.74) is 2.45. The summed E-state index contributed by atoms with van der Waals surface area (Å²) < 4.78 is 16.5. The lowest BCUT2D eigenvalue weighted by atomic mass is 10.1. The standard InChI is InChI=1S/C39H42N6O2/c1(2-16-26-36-40-42-38(30-46-34-22-12-6-13-23-34)44(36)28-32-18-8-4-9-19-32)3-17-27-37-41-43-39(31-47-35-24-14-7-15-25-35)45(37)29-33-20-10-5-11-21-33/h4-15,18-25H,1-3,16-17,26-31H2. The minimum Gasteiger partial charge on any atom is -0.486 e. The van der Waals surface area contributed by atoms with E-state index >= 15 is 0 Å². The van der Waals surface area contributed by atoms with Crippen LogP contribution in [0.25, 0.3) is 0 Å². The molecule has 0 fully saturated rings. The molecule has 0 unspecified atom stereocenters. The van der Waals surface area contributed by atoms with Crippen molar-refractivity contribution in [2.45, 2.75) is 71.2 Å². The number of aryl methyl sites for hydroxylation is 2. The zero-order valence-corrected chi connectivity index (χ0v) is 26.8. The van der Waals surface area contributed by atoms with Crippen molar-refractivity contribution in [2.24, 2.45) is 0 Å². The highest BCUT2D eigenvalue weighted by Crippen LogP contribution is 2.18. The first-order valence-electron chi connectivity index (χ1n) is 16.6. The maximum Gasteiger partial charge on any atom is 0.171 e. The molecule has 0 atom stereocenters. The second kappa shape index (κ2) is 16.9. The van der Waals surface area contributed by atoms with Crippen LogP contribution in [-0.4, -0.2) is 29.5 Å². The molecule has 4 aromatic carbocycles. The van der Waals surface area contributed by atoms with Gasteiger partial charge >= 0.3 is 0 Å². The molecular weight excluding hydrogens is 584 g/mol. The molecule has 2 aromatic heterocycles. The van der Waals surface area contributed by atoms with E-state index in [2.05, 4.69) is 78.1 Å². The second-order valence-electron chi connectivity index (χ2n) is 11.7. The largest absolute Gasteiger partial charge is 0.486 e. The van der Waals surface area contributed by atoms with Crippen LogP contribution in [0, 0.1) is 0 Å². The van der Waals surface area contributed by atoms with Gasteiger partial charge in [-0.3, -0.25) is 0 Å². The molecule has 0 aliphatic rings. The first kappa shape index (κ1) is 31.7. The van der Waals surface area contributed by atoms with Crippen LogP contribution in [0.5, 0.6) is 11.5 Å². The van der Waals surface area contributed by atoms with Crippen molar-refractivity contribution in [3.05, 3.63) is 156 Å². The molecule has 8 heteroatoms. The molecule has 240 valence electrons. The fourth-order valence-corrected chi connectivity index (χ4v) is 5.65. The molecule has 47 heavy (non-hydrogen) atoms. The number of aromatic nitrogens is 6. The summed E-state index contributed by atoms with van der Waals surface area (Å²) >= 11 is 0. The number of unbranched alkanes of at least 4 members (excludes halogenated alkanes) is 4. The molecule has 0 aliphatic carbocycles. The van der Waals surface area contributed by atoms with E-state index < -0.39 is 0 Å². The fourth-order valence-electron chi connectivity index (χ4n) is 5.65. The summed E-state index contributed by atoms with van der Waals surface area (Å²) in [4.78, 5) is 0. The number of hydrogen-bond acceptors (Lipinski definition) is 6. The van der Waals surface area contributed by atoms with E-state index in [4.69, 9.17) is 9.47 Å². The molecule has 8 nitrogen and oxygen atoms in total. The third kappa shape index (κ3) is 9.39. The highest BCUT2D eigenvalue weighted by atomic mass is 16.5. The van der Waals surface area contributed by atoms with Crippen LogP contribution in [-0.2, 0) is 39.1 Å². The van der Waals surface area contributed by atoms with E-state index in [1.807, 2.05) is 72.8 Å². The van der Waals surface area contributed by atoms with Crippen molar-refractivity contribution in [1.82, 2.24) is 29.5 Å². The number of nitrogens with zero attached hydrogens (tertiary/aromatic N) is 6.